The summed E-state index contributed by atoms with van der Waals surface area (Å²) in [6.45, 7) is 3.42. The van der Waals surface area contributed by atoms with E-state index in [1.54, 1.807) is 26.0 Å². The summed E-state index contributed by atoms with van der Waals surface area (Å²) in [5.74, 6) is -1.79. The van der Waals surface area contributed by atoms with Gasteiger partial charge in [-0.05, 0) is 25.1 Å². The molecule has 0 aliphatic carbocycles. The highest BCUT2D eigenvalue weighted by atomic mass is 79.9. The Balaban J connectivity index is 2.98. The van der Waals surface area contributed by atoms with Crippen LogP contribution >= 0.6 is 15.9 Å². The number of carboxylic acids is 1. The number of rotatable bonds is 4. The molecule has 5 nitrogen and oxygen atoms in total. The molecule has 2 atom stereocenters. The van der Waals surface area contributed by atoms with Crippen LogP contribution in [0.1, 0.15) is 24.2 Å². The molecule has 6 heteroatoms. The molecule has 0 spiro atoms. The van der Waals surface area contributed by atoms with Crippen molar-refractivity contribution in [3.8, 4) is 0 Å². The molecule has 98 valence electrons. The highest BCUT2D eigenvalue weighted by Crippen LogP contribution is 2.22. The Morgan fingerprint density at radius 2 is 2.00 bits per heavy atom. The minimum absolute atomic E-state index is 0.0367. The van der Waals surface area contributed by atoms with E-state index in [2.05, 4.69) is 21.2 Å². The Labute approximate surface area is 113 Å². The zero-order chi connectivity index (χ0) is 13.9. The molecule has 1 aromatic rings. The third-order valence-corrected chi connectivity index (χ3v) is 3.17. The Morgan fingerprint density at radius 3 is 2.50 bits per heavy atom. The SMILES string of the molecule is CC(N)C(C)C(=O)Nc1ccc(Br)cc1C(=O)O. The van der Waals surface area contributed by atoms with Crippen LogP contribution in [0.4, 0.5) is 5.69 Å². The molecule has 0 bridgehead atoms. The maximum Gasteiger partial charge on any atom is 0.337 e. The van der Waals surface area contributed by atoms with E-state index >= 15 is 0 Å². The summed E-state index contributed by atoms with van der Waals surface area (Å²) < 4.78 is 0.637. The first-order valence-electron chi connectivity index (χ1n) is 5.42. The van der Waals surface area contributed by atoms with Crippen LogP contribution in [-0.4, -0.2) is 23.0 Å². The smallest absolute Gasteiger partial charge is 0.337 e. The number of hydrogen-bond acceptors (Lipinski definition) is 3. The second-order valence-corrected chi connectivity index (χ2v) is 5.05. The van der Waals surface area contributed by atoms with E-state index in [0.29, 0.717) is 4.47 Å². The van der Waals surface area contributed by atoms with E-state index in [4.69, 9.17) is 10.8 Å². The van der Waals surface area contributed by atoms with Crippen molar-refractivity contribution >= 4 is 33.5 Å². The maximum atomic E-state index is 11.8. The molecule has 2 unspecified atom stereocenters. The lowest BCUT2D eigenvalue weighted by Crippen LogP contribution is -2.34. The number of carbonyl (C=O) groups is 2. The number of aromatic carboxylic acids is 1. The Hall–Kier alpha value is -1.40. The Bertz CT molecular complexity index is 474. The van der Waals surface area contributed by atoms with Crippen molar-refractivity contribution in [2.45, 2.75) is 19.9 Å². The molecule has 18 heavy (non-hydrogen) atoms. The maximum absolute atomic E-state index is 11.8. The molecule has 0 saturated heterocycles. The molecule has 0 aliphatic heterocycles. The van der Waals surface area contributed by atoms with Crippen molar-refractivity contribution in [1.29, 1.82) is 0 Å². The van der Waals surface area contributed by atoms with E-state index in [0.717, 1.165) is 0 Å². The van der Waals surface area contributed by atoms with E-state index in [1.807, 2.05) is 0 Å². The van der Waals surface area contributed by atoms with Crippen LogP contribution in [0.25, 0.3) is 0 Å². The summed E-state index contributed by atoms with van der Waals surface area (Å²) in [5, 5.41) is 11.6. The van der Waals surface area contributed by atoms with Crippen LogP contribution < -0.4 is 11.1 Å². The van der Waals surface area contributed by atoms with Crippen molar-refractivity contribution in [3.05, 3.63) is 28.2 Å². The predicted molar refractivity (Wildman–Crippen MR) is 72.5 cm³/mol. The molecule has 0 fully saturated rings. The van der Waals surface area contributed by atoms with E-state index in [-0.39, 0.29) is 23.2 Å². The number of amides is 1. The minimum atomic E-state index is -1.10. The van der Waals surface area contributed by atoms with Gasteiger partial charge in [-0.15, -0.1) is 0 Å². The molecule has 0 saturated carbocycles. The largest absolute Gasteiger partial charge is 0.478 e. The van der Waals surface area contributed by atoms with Gasteiger partial charge in [0, 0.05) is 10.5 Å². The summed E-state index contributed by atoms with van der Waals surface area (Å²) in [6.07, 6.45) is 0. The van der Waals surface area contributed by atoms with Gasteiger partial charge in [0.2, 0.25) is 5.91 Å². The Morgan fingerprint density at radius 1 is 1.39 bits per heavy atom. The van der Waals surface area contributed by atoms with Crippen LogP contribution in [0, 0.1) is 5.92 Å². The van der Waals surface area contributed by atoms with Crippen molar-refractivity contribution < 1.29 is 14.7 Å². The lowest BCUT2D eigenvalue weighted by atomic mass is 10.0. The number of carbonyl (C=O) groups excluding carboxylic acids is 1. The molecule has 1 amide bonds. The number of nitrogens with one attached hydrogen (secondary N) is 1. The third-order valence-electron chi connectivity index (χ3n) is 2.67. The molecular weight excluding hydrogens is 300 g/mol. The number of carboxylic acid groups (broad SMARTS) is 1. The van der Waals surface area contributed by atoms with Gasteiger partial charge >= 0.3 is 5.97 Å². The van der Waals surface area contributed by atoms with Gasteiger partial charge in [-0.25, -0.2) is 4.79 Å². The van der Waals surface area contributed by atoms with Crippen molar-refractivity contribution in [1.82, 2.24) is 0 Å². The van der Waals surface area contributed by atoms with Crippen LogP contribution in [0.15, 0.2) is 22.7 Å². The van der Waals surface area contributed by atoms with Crippen molar-refractivity contribution in [2.75, 3.05) is 5.32 Å². The molecular formula is C12H15BrN2O3. The van der Waals surface area contributed by atoms with E-state index < -0.39 is 11.9 Å². The highest BCUT2D eigenvalue weighted by molar-refractivity contribution is 9.10. The molecule has 0 radical (unpaired) electrons. The fourth-order valence-electron chi connectivity index (χ4n) is 1.29. The molecule has 0 aliphatic rings. The van der Waals surface area contributed by atoms with Crippen molar-refractivity contribution in [2.24, 2.45) is 11.7 Å². The van der Waals surface area contributed by atoms with Gasteiger partial charge in [0.1, 0.15) is 0 Å². The number of nitrogens with two attached hydrogens (primary N) is 1. The normalized spacial score (nSPS) is 13.8. The third kappa shape index (κ3) is 3.54. The second-order valence-electron chi connectivity index (χ2n) is 4.13. The van der Waals surface area contributed by atoms with Gasteiger partial charge in [-0.3, -0.25) is 4.79 Å². The average molecular weight is 315 g/mol. The molecule has 0 heterocycles. The van der Waals surface area contributed by atoms with E-state index in [1.165, 1.54) is 6.07 Å². The van der Waals surface area contributed by atoms with Gasteiger partial charge in [0.25, 0.3) is 0 Å². The van der Waals surface area contributed by atoms with Crippen LogP contribution in [0.5, 0.6) is 0 Å². The first kappa shape index (κ1) is 14.7. The van der Waals surface area contributed by atoms with Gasteiger partial charge in [-0.2, -0.15) is 0 Å². The standard InChI is InChI=1S/C12H15BrN2O3/c1-6(7(2)14)11(16)15-10-4-3-8(13)5-9(10)12(17)18/h3-7H,14H2,1-2H3,(H,15,16)(H,17,18). The first-order chi connectivity index (χ1) is 8.32. The molecule has 1 aromatic carbocycles. The minimum Gasteiger partial charge on any atom is -0.478 e. The quantitative estimate of drug-likeness (QED) is 0.793. The van der Waals surface area contributed by atoms with Gasteiger partial charge in [0.05, 0.1) is 17.2 Å². The number of halogens is 1. The molecule has 1 rings (SSSR count). The van der Waals surface area contributed by atoms with Crippen LogP contribution in [-0.2, 0) is 4.79 Å². The van der Waals surface area contributed by atoms with Gasteiger partial charge in [-0.1, -0.05) is 22.9 Å². The van der Waals surface area contributed by atoms with Gasteiger partial charge < -0.3 is 16.2 Å². The zero-order valence-corrected chi connectivity index (χ0v) is 11.7. The fraction of sp³-hybridized carbons (Fsp3) is 0.333. The first-order valence-corrected chi connectivity index (χ1v) is 6.21. The lowest BCUT2D eigenvalue weighted by molar-refractivity contribution is -0.119. The summed E-state index contributed by atoms with van der Waals surface area (Å²) in [7, 11) is 0. The molecule has 0 aromatic heterocycles. The monoisotopic (exact) mass is 314 g/mol. The summed E-state index contributed by atoms with van der Waals surface area (Å²) in [5.41, 5.74) is 5.93. The summed E-state index contributed by atoms with van der Waals surface area (Å²) >= 11 is 3.19. The summed E-state index contributed by atoms with van der Waals surface area (Å²) in [4.78, 5) is 22.9. The topological polar surface area (TPSA) is 92.4 Å². The van der Waals surface area contributed by atoms with E-state index in [9.17, 15) is 9.59 Å². The van der Waals surface area contributed by atoms with Gasteiger partial charge in [0.15, 0.2) is 0 Å². The lowest BCUT2D eigenvalue weighted by Gasteiger charge is -2.16. The van der Waals surface area contributed by atoms with Crippen LogP contribution in [0.2, 0.25) is 0 Å². The zero-order valence-electron chi connectivity index (χ0n) is 10.1. The Kier molecular flexibility index (Phi) is 4.86. The predicted octanol–water partition coefficient (Wildman–Crippen LogP) is 2.07. The fourth-order valence-corrected chi connectivity index (χ4v) is 1.65. The highest BCUT2D eigenvalue weighted by Gasteiger charge is 2.19. The van der Waals surface area contributed by atoms with Crippen molar-refractivity contribution in [3.63, 3.8) is 0 Å². The summed E-state index contributed by atoms with van der Waals surface area (Å²) in [6, 6.07) is 4.35. The van der Waals surface area contributed by atoms with Crippen LogP contribution in [0.3, 0.4) is 0 Å². The molecule has 4 N–H and O–H groups in total. The second kappa shape index (κ2) is 5.97. The average Bonchev–Trinajstić information content (AvgIpc) is 2.29. The number of hydrogen-bond donors (Lipinski definition) is 3. The number of anilines is 1. The number of benzene rings is 1.